The molecule has 1 rings (SSSR count). The Kier molecular flexibility index (Phi) is 6.22. The van der Waals surface area contributed by atoms with Crippen LogP contribution in [0.5, 0.6) is 0 Å². The fraction of sp³-hybridized carbons (Fsp3) is 0.692. The zero-order valence-corrected chi connectivity index (χ0v) is 14.3. The summed E-state index contributed by atoms with van der Waals surface area (Å²) in [5.41, 5.74) is 0.182. The highest BCUT2D eigenvalue weighted by Gasteiger charge is 2.30. The molecule has 2 N–H and O–H groups in total. The van der Waals surface area contributed by atoms with E-state index >= 15 is 0 Å². The molecule has 0 saturated heterocycles. The van der Waals surface area contributed by atoms with Crippen LogP contribution in [-0.2, 0) is 9.05 Å². The van der Waals surface area contributed by atoms with Crippen LogP contribution >= 0.6 is 10.7 Å². The van der Waals surface area contributed by atoms with Gasteiger partial charge < -0.3 is 5.32 Å². The van der Waals surface area contributed by atoms with Gasteiger partial charge in [-0.25, -0.2) is 8.42 Å². The van der Waals surface area contributed by atoms with Gasteiger partial charge in [0.15, 0.2) is 5.69 Å². The van der Waals surface area contributed by atoms with Crippen LogP contribution in [0.3, 0.4) is 0 Å². The summed E-state index contributed by atoms with van der Waals surface area (Å²) in [7, 11) is 1.41. The number of rotatable bonds is 7. The number of aromatic nitrogens is 2. The molecule has 0 saturated carbocycles. The first-order chi connectivity index (χ1) is 9.72. The van der Waals surface area contributed by atoms with Gasteiger partial charge in [0.2, 0.25) is 0 Å². The molecule has 1 atom stereocenters. The van der Waals surface area contributed by atoms with Gasteiger partial charge in [0.1, 0.15) is 4.90 Å². The van der Waals surface area contributed by atoms with Crippen molar-refractivity contribution in [2.24, 2.45) is 0 Å². The molecule has 21 heavy (non-hydrogen) atoms. The highest BCUT2D eigenvalue weighted by molar-refractivity contribution is 8.13. The molecule has 0 bridgehead atoms. The molecule has 1 heterocycles. The molecule has 0 aromatic carbocycles. The summed E-state index contributed by atoms with van der Waals surface area (Å²) in [5.74, 6) is -0.655. The van der Waals surface area contributed by atoms with E-state index in [9.17, 15) is 13.2 Å². The van der Waals surface area contributed by atoms with E-state index < -0.39 is 15.0 Å². The van der Waals surface area contributed by atoms with Crippen LogP contribution < -0.4 is 5.32 Å². The van der Waals surface area contributed by atoms with Gasteiger partial charge in [-0.3, -0.25) is 9.89 Å². The fourth-order valence-corrected chi connectivity index (χ4v) is 3.50. The lowest BCUT2D eigenvalue weighted by Crippen LogP contribution is -2.35. The number of H-pyrrole nitrogens is 1. The Morgan fingerprint density at radius 2 is 2.00 bits per heavy atom. The summed E-state index contributed by atoms with van der Waals surface area (Å²) in [6, 6.07) is -0.00687. The molecule has 1 aromatic rings. The number of hydrogen-bond acceptors (Lipinski definition) is 4. The van der Waals surface area contributed by atoms with E-state index in [1.165, 1.54) is 0 Å². The van der Waals surface area contributed by atoms with Crippen LogP contribution in [0.25, 0.3) is 0 Å². The van der Waals surface area contributed by atoms with E-state index in [4.69, 9.17) is 10.7 Å². The molecule has 6 nitrogen and oxygen atoms in total. The predicted octanol–water partition coefficient (Wildman–Crippen LogP) is 2.77. The summed E-state index contributed by atoms with van der Waals surface area (Å²) in [4.78, 5) is 12.1. The number of aromatic amines is 1. The largest absolute Gasteiger partial charge is 0.348 e. The third kappa shape index (κ3) is 4.44. The van der Waals surface area contributed by atoms with Gasteiger partial charge in [0, 0.05) is 16.7 Å². The number of halogens is 1. The number of hydrogen-bond donors (Lipinski definition) is 2. The van der Waals surface area contributed by atoms with Gasteiger partial charge in [-0.15, -0.1) is 0 Å². The Morgan fingerprint density at radius 1 is 1.38 bits per heavy atom. The Bertz CT molecular complexity index is 596. The average Bonchev–Trinajstić information content (AvgIpc) is 2.82. The zero-order valence-electron chi connectivity index (χ0n) is 12.7. The van der Waals surface area contributed by atoms with Gasteiger partial charge in [0.25, 0.3) is 15.0 Å². The van der Waals surface area contributed by atoms with E-state index in [-0.39, 0.29) is 22.5 Å². The van der Waals surface area contributed by atoms with Crippen molar-refractivity contribution in [2.75, 3.05) is 0 Å². The molecule has 1 amide bonds. The Balaban J connectivity index is 3.16. The fourth-order valence-electron chi connectivity index (χ4n) is 2.12. The third-order valence-electron chi connectivity index (χ3n) is 3.25. The molecular formula is C13H22ClN3O3S. The van der Waals surface area contributed by atoms with E-state index in [2.05, 4.69) is 15.5 Å². The lowest BCUT2D eigenvalue weighted by molar-refractivity contribution is 0.0925. The third-order valence-corrected chi connectivity index (χ3v) is 4.61. The minimum absolute atomic E-state index is 0.00687. The quantitative estimate of drug-likeness (QED) is 0.749. The molecule has 120 valence electrons. The molecular weight excluding hydrogens is 314 g/mol. The van der Waals surface area contributed by atoms with E-state index in [1.807, 2.05) is 13.8 Å². The highest BCUT2D eigenvalue weighted by atomic mass is 35.7. The molecule has 0 aliphatic heterocycles. The van der Waals surface area contributed by atoms with Crippen LogP contribution in [0.4, 0.5) is 0 Å². The number of carbonyl (C=O) groups excluding carboxylic acids is 1. The van der Waals surface area contributed by atoms with Crippen LogP contribution in [0.1, 0.15) is 69.1 Å². The lowest BCUT2D eigenvalue weighted by Gasteiger charge is -2.15. The molecule has 0 radical (unpaired) electrons. The van der Waals surface area contributed by atoms with Crippen molar-refractivity contribution < 1.29 is 13.2 Å². The van der Waals surface area contributed by atoms with Gasteiger partial charge in [0.05, 0.1) is 5.69 Å². The molecule has 0 fully saturated rings. The maximum atomic E-state index is 12.3. The smallest absolute Gasteiger partial charge is 0.273 e. The minimum Gasteiger partial charge on any atom is -0.348 e. The summed E-state index contributed by atoms with van der Waals surface area (Å²) in [6.07, 6.45) is 2.52. The standard InChI is InChI=1S/C13H22ClN3O3S/c1-5-7-9(6-2)15-13(18)11-12(21(14,19)20)10(8(3)4)16-17-11/h8-9H,5-7H2,1-4H3,(H,15,18)(H,16,17). The minimum atomic E-state index is -4.05. The zero-order chi connectivity index (χ0) is 16.2. The lowest BCUT2D eigenvalue weighted by atomic mass is 10.1. The Morgan fingerprint density at radius 3 is 2.43 bits per heavy atom. The molecule has 0 aliphatic rings. The summed E-state index contributed by atoms with van der Waals surface area (Å²) < 4.78 is 23.5. The highest BCUT2D eigenvalue weighted by Crippen LogP contribution is 2.27. The SMILES string of the molecule is CCCC(CC)NC(=O)c1n[nH]c(C(C)C)c1S(=O)(=O)Cl. The normalized spacial score (nSPS) is 13.4. The maximum absolute atomic E-state index is 12.3. The van der Waals surface area contributed by atoms with Crippen LogP contribution in [0.2, 0.25) is 0 Å². The maximum Gasteiger partial charge on any atom is 0.273 e. The molecule has 1 unspecified atom stereocenters. The summed E-state index contributed by atoms with van der Waals surface area (Å²) in [6.45, 7) is 7.58. The first-order valence-electron chi connectivity index (χ1n) is 7.06. The molecule has 0 aliphatic carbocycles. The summed E-state index contributed by atoms with van der Waals surface area (Å²) in [5, 5.41) is 9.26. The van der Waals surface area contributed by atoms with Gasteiger partial charge in [-0.05, 0) is 18.8 Å². The average molecular weight is 336 g/mol. The monoisotopic (exact) mass is 335 g/mol. The molecule has 0 spiro atoms. The second-order valence-corrected chi connectivity index (χ2v) is 7.78. The van der Waals surface area contributed by atoms with E-state index in [0.717, 1.165) is 19.3 Å². The second-order valence-electron chi connectivity index (χ2n) is 5.27. The number of nitrogens with one attached hydrogen (secondary N) is 2. The number of carbonyl (C=O) groups is 1. The van der Waals surface area contributed by atoms with Crippen molar-refractivity contribution in [3.8, 4) is 0 Å². The van der Waals surface area contributed by atoms with Crippen LogP contribution in [0.15, 0.2) is 4.90 Å². The van der Waals surface area contributed by atoms with E-state index in [0.29, 0.717) is 5.69 Å². The first kappa shape index (κ1) is 18.0. The first-order valence-corrected chi connectivity index (χ1v) is 9.37. The Labute approximate surface area is 130 Å². The Hall–Kier alpha value is -1.08. The van der Waals surface area contributed by atoms with E-state index in [1.54, 1.807) is 13.8 Å². The molecule has 8 heteroatoms. The summed E-state index contributed by atoms with van der Waals surface area (Å²) >= 11 is 0. The van der Waals surface area contributed by atoms with Crippen molar-refractivity contribution in [1.82, 2.24) is 15.5 Å². The van der Waals surface area contributed by atoms with Crippen molar-refractivity contribution in [1.29, 1.82) is 0 Å². The van der Waals surface area contributed by atoms with Gasteiger partial charge >= 0.3 is 0 Å². The number of amides is 1. The van der Waals surface area contributed by atoms with Crippen molar-refractivity contribution >= 4 is 25.6 Å². The van der Waals surface area contributed by atoms with Gasteiger partial charge in [-0.1, -0.05) is 34.1 Å². The van der Waals surface area contributed by atoms with Crippen LogP contribution in [0, 0.1) is 0 Å². The van der Waals surface area contributed by atoms with Crippen molar-refractivity contribution in [3.63, 3.8) is 0 Å². The van der Waals surface area contributed by atoms with Crippen molar-refractivity contribution in [2.45, 2.75) is 63.8 Å². The van der Waals surface area contributed by atoms with Crippen LogP contribution in [-0.4, -0.2) is 30.6 Å². The van der Waals surface area contributed by atoms with Crippen molar-refractivity contribution in [3.05, 3.63) is 11.4 Å². The van der Waals surface area contributed by atoms with Gasteiger partial charge in [-0.2, -0.15) is 5.10 Å². The number of nitrogens with zero attached hydrogens (tertiary/aromatic N) is 1. The molecule has 1 aromatic heterocycles. The predicted molar refractivity (Wildman–Crippen MR) is 82.2 cm³/mol. The second kappa shape index (κ2) is 7.26. The topological polar surface area (TPSA) is 91.9 Å².